The third-order valence-electron chi connectivity index (χ3n) is 2.96. The van der Waals surface area contributed by atoms with Gasteiger partial charge in [-0.25, -0.2) is 13.2 Å². The van der Waals surface area contributed by atoms with Gasteiger partial charge >= 0.3 is 5.97 Å². The molecule has 0 fully saturated rings. The second-order valence-electron chi connectivity index (χ2n) is 4.60. The van der Waals surface area contributed by atoms with Gasteiger partial charge in [0, 0.05) is 5.69 Å². The van der Waals surface area contributed by atoms with Crippen LogP contribution in [0.25, 0.3) is 0 Å². The largest absolute Gasteiger partial charge is 0.465 e. The maximum Gasteiger partial charge on any atom is 0.339 e. The second-order valence-corrected chi connectivity index (χ2v) is 6.69. The summed E-state index contributed by atoms with van der Waals surface area (Å²) in [5.74, 6) is -0.697. The van der Waals surface area contributed by atoms with Crippen LogP contribution in [0.15, 0.2) is 47.4 Å². The number of anilines is 1. The first-order chi connectivity index (χ1) is 10.3. The van der Waals surface area contributed by atoms with Crippen LogP contribution in [-0.2, 0) is 14.8 Å². The number of esters is 1. The van der Waals surface area contributed by atoms with Crippen molar-refractivity contribution in [1.82, 2.24) is 0 Å². The van der Waals surface area contributed by atoms with E-state index in [1.165, 1.54) is 25.3 Å². The van der Waals surface area contributed by atoms with E-state index in [4.69, 9.17) is 11.6 Å². The first-order valence-electron chi connectivity index (χ1n) is 6.31. The zero-order valence-corrected chi connectivity index (χ0v) is 13.5. The van der Waals surface area contributed by atoms with Gasteiger partial charge in [0.2, 0.25) is 0 Å². The van der Waals surface area contributed by atoms with E-state index < -0.39 is 16.0 Å². The normalized spacial score (nSPS) is 11.0. The number of hydrogen-bond donors (Lipinski definition) is 1. The summed E-state index contributed by atoms with van der Waals surface area (Å²) < 4.78 is 31.7. The van der Waals surface area contributed by atoms with Crippen molar-refractivity contribution in [2.24, 2.45) is 0 Å². The molecule has 0 bridgehead atoms. The fourth-order valence-corrected chi connectivity index (χ4v) is 3.05. The van der Waals surface area contributed by atoms with Crippen molar-refractivity contribution in [2.75, 3.05) is 11.8 Å². The Morgan fingerprint density at radius 1 is 1.14 bits per heavy atom. The van der Waals surface area contributed by atoms with Gasteiger partial charge in [0.1, 0.15) is 0 Å². The molecule has 5 nitrogen and oxygen atoms in total. The third kappa shape index (κ3) is 3.58. The summed E-state index contributed by atoms with van der Waals surface area (Å²) in [4.78, 5) is 11.5. The van der Waals surface area contributed by atoms with Crippen LogP contribution in [0.5, 0.6) is 0 Å². The maximum absolute atomic E-state index is 12.4. The van der Waals surface area contributed by atoms with Crippen molar-refractivity contribution in [2.45, 2.75) is 11.8 Å². The lowest BCUT2D eigenvalue weighted by atomic mass is 10.2. The van der Waals surface area contributed by atoms with Crippen LogP contribution in [0, 0.1) is 6.92 Å². The van der Waals surface area contributed by atoms with Gasteiger partial charge < -0.3 is 4.74 Å². The van der Waals surface area contributed by atoms with Crippen molar-refractivity contribution in [3.63, 3.8) is 0 Å². The molecular formula is C15H14ClNO4S. The number of sulfonamides is 1. The summed E-state index contributed by atoms with van der Waals surface area (Å²) in [5.41, 5.74) is 1.44. The van der Waals surface area contributed by atoms with Gasteiger partial charge in [0.25, 0.3) is 10.0 Å². The number of aryl methyl sites for hydroxylation is 1. The van der Waals surface area contributed by atoms with Crippen molar-refractivity contribution >= 4 is 33.3 Å². The Morgan fingerprint density at radius 3 is 2.36 bits per heavy atom. The predicted octanol–water partition coefficient (Wildman–Crippen LogP) is 3.24. The van der Waals surface area contributed by atoms with E-state index in [1.807, 2.05) is 6.92 Å². The lowest BCUT2D eigenvalue weighted by molar-refractivity contribution is 0.0600. The van der Waals surface area contributed by atoms with Gasteiger partial charge in [-0.2, -0.15) is 0 Å². The Labute approximate surface area is 133 Å². The van der Waals surface area contributed by atoms with Gasteiger partial charge in [0.05, 0.1) is 22.6 Å². The van der Waals surface area contributed by atoms with Crippen molar-refractivity contribution in [3.05, 3.63) is 58.6 Å². The lowest BCUT2D eigenvalue weighted by Crippen LogP contribution is -2.14. The molecule has 0 aliphatic heterocycles. The summed E-state index contributed by atoms with van der Waals surface area (Å²) in [7, 11) is -2.62. The molecule has 0 saturated heterocycles. The Balaban J connectivity index is 2.37. The number of carbonyl (C=O) groups is 1. The zero-order valence-electron chi connectivity index (χ0n) is 12.0. The lowest BCUT2D eigenvalue weighted by Gasteiger charge is -2.10. The molecule has 2 rings (SSSR count). The summed E-state index contributed by atoms with van der Waals surface area (Å²) in [6.45, 7) is 1.90. The molecule has 0 aromatic heterocycles. The maximum atomic E-state index is 12.4. The molecule has 0 atom stereocenters. The number of benzene rings is 2. The molecule has 7 heteroatoms. The van der Waals surface area contributed by atoms with E-state index in [9.17, 15) is 13.2 Å². The second kappa shape index (κ2) is 6.37. The molecule has 0 heterocycles. The van der Waals surface area contributed by atoms with Gasteiger partial charge in [0.15, 0.2) is 0 Å². The fraction of sp³-hybridized carbons (Fsp3) is 0.133. The molecule has 22 heavy (non-hydrogen) atoms. The molecule has 0 saturated carbocycles. The summed E-state index contributed by atoms with van der Waals surface area (Å²) in [6, 6.07) is 10.8. The number of methoxy groups -OCH3 is 1. The standard InChI is InChI=1S/C15H14ClNO4S/c1-10-3-5-11(6-4-10)17-22(19,20)12-7-8-14(16)13(9-12)15(18)21-2/h3-9,17H,1-2H3. The number of halogens is 1. The number of nitrogens with one attached hydrogen (secondary N) is 1. The molecule has 2 aromatic rings. The van der Waals surface area contributed by atoms with Crippen LogP contribution >= 0.6 is 11.6 Å². The number of ether oxygens (including phenoxy) is 1. The van der Waals surface area contributed by atoms with Crippen LogP contribution in [0.3, 0.4) is 0 Å². The highest BCUT2D eigenvalue weighted by atomic mass is 35.5. The quantitative estimate of drug-likeness (QED) is 0.868. The van der Waals surface area contributed by atoms with Crippen LogP contribution in [-0.4, -0.2) is 21.5 Å². The number of carbonyl (C=O) groups excluding carboxylic acids is 1. The summed E-state index contributed by atoms with van der Waals surface area (Å²) in [5, 5.41) is 0.126. The van der Waals surface area contributed by atoms with E-state index in [0.717, 1.165) is 5.56 Å². The SMILES string of the molecule is COC(=O)c1cc(S(=O)(=O)Nc2ccc(C)cc2)ccc1Cl. The van der Waals surface area contributed by atoms with Crippen LogP contribution in [0.4, 0.5) is 5.69 Å². The van der Waals surface area contributed by atoms with Gasteiger partial charge in [-0.15, -0.1) is 0 Å². The number of rotatable bonds is 4. The topological polar surface area (TPSA) is 72.5 Å². The zero-order chi connectivity index (χ0) is 16.3. The fourth-order valence-electron chi connectivity index (χ4n) is 1.77. The molecule has 1 N–H and O–H groups in total. The Bertz CT molecular complexity index is 801. The van der Waals surface area contributed by atoms with Gasteiger partial charge in [-0.1, -0.05) is 29.3 Å². The minimum absolute atomic E-state index is 0.00375. The van der Waals surface area contributed by atoms with Crippen molar-refractivity contribution in [1.29, 1.82) is 0 Å². The first-order valence-corrected chi connectivity index (χ1v) is 8.17. The molecule has 0 amide bonds. The minimum atomic E-state index is -3.82. The van der Waals surface area contributed by atoms with E-state index in [2.05, 4.69) is 9.46 Å². The van der Waals surface area contributed by atoms with E-state index in [0.29, 0.717) is 5.69 Å². The molecular weight excluding hydrogens is 326 g/mol. The molecule has 2 aromatic carbocycles. The monoisotopic (exact) mass is 339 g/mol. The molecule has 0 radical (unpaired) electrons. The van der Waals surface area contributed by atoms with Crippen molar-refractivity contribution in [3.8, 4) is 0 Å². The highest BCUT2D eigenvalue weighted by Gasteiger charge is 2.19. The van der Waals surface area contributed by atoms with Gasteiger partial charge in [-0.05, 0) is 37.3 Å². The highest BCUT2D eigenvalue weighted by molar-refractivity contribution is 7.92. The van der Waals surface area contributed by atoms with E-state index >= 15 is 0 Å². The van der Waals surface area contributed by atoms with Crippen molar-refractivity contribution < 1.29 is 17.9 Å². The Morgan fingerprint density at radius 2 is 1.77 bits per heavy atom. The van der Waals surface area contributed by atoms with Crippen LogP contribution in [0.1, 0.15) is 15.9 Å². The smallest absolute Gasteiger partial charge is 0.339 e. The summed E-state index contributed by atoms with van der Waals surface area (Å²) >= 11 is 5.88. The average Bonchev–Trinajstić information content (AvgIpc) is 2.49. The minimum Gasteiger partial charge on any atom is -0.465 e. The molecule has 0 aliphatic carbocycles. The Hall–Kier alpha value is -2.05. The van der Waals surface area contributed by atoms with Gasteiger partial charge in [-0.3, -0.25) is 4.72 Å². The highest BCUT2D eigenvalue weighted by Crippen LogP contribution is 2.23. The number of hydrogen-bond acceptors (Lipinski definition) is 4. The first kappa shape index (κ1) is 16.3. The van der Waals surface area contributed by atoms with Crippen LogP contribution < -0.4 is 4.72 Å². The molecule has 0 spiro atoms. The summed E-state index contributed by atoms with van der Waals surface area (Å²) in [6.07, 6.45) is 0. The molecule has 116 valence electrons. The molecule has 0 aliphatic rings. The Kier molecular flexibility index (Phi) is 4.73. The van der Waals surface area contributed by atoms with E-state index in [1.54, 1.807) is 24.3 Å². The van der Waals surface area contributed by atoms with E-state index in [-0.39, 0.29) is 15.5 Å². The third-order valence-corrected chi connectivity index (χ3v) is 4.67. The predicted molar refractivity (Wildman–Crippen MR) is 84.8 cm³/mol. The molecule has 0 unspecified atom stereocenters. The van der Waals surface area contributed by atoms with Crippen LogP contribution in [0.2, 0.25) is 5.02 Å². The average molecular weight is 340 g/mol.